The van der Waals surface area contributed by atoms with Gasteiger partial charge in [-0.1, -0.05) is 13.8 Å². The van der Waals surface area contributed by atoms with Crippen LogP contribution in [0.5, 0.6) is 0 Å². The maximum Gasteiger partial charge on any atom is 0.130 e. The Morgan fingerprint density at radius 3 is 2.50 bits per heavy atom. The van der Waals surface area contributed by atoms with Crippen LogP contribution in [0, 0.1) is 6.92 Å². The zero-order valence-corrected chi connectivity index (χ0v) is 17.6. The van der Waals surface area contributed by atoms with E-state index in [0.29, 0.717) is 13.2 Å². The summed E-state index contributed by atoms with van der Waals surface area (Å²) in [7, 11) is 0. The molecule has 1 aliphatic heterocycles. The largest absolute Gasteiger partial charge is 0.378 e. The lowest BCUT2D eigenvalue weighted by Crippen LogP contribution is -2.36. The molecule has 0 aliphatic carbocycles. The first-order valence-electron chi connectivity index (χ1n) is 10.3. The van der Waals surface area contributed by atoms with Gasteiger partial charge in [0.1, 0.15) is 17.0 Å². The standard InChI is InChI=1S/C21H20N6O.C2H6/c1-14-12-15(2-5-22-14)17-13-19(27-8-10-28-11-9-27)25-20-16(17)3-6-23-21(20)18-4-7-24-26-18;1-2/h2-7,12-13H,8-11H2,1H3,(H,24,26);1-2H3. The molecule has 0 amide bonds. The van der Waals surface area contributed by atoms with Crippen LogP contribution < -0.4 is 4.90 Å². The smallest absolute Gasteiger partial charge is 0.130 e. The van der Waals surface area contributed by atoms with Crippen LogP contribution in [-0.4, -0.2) is 51.5 Å². The number of hydrogen-bond donors (Lipinski definition) is 1. The molecular formula is C23H26N6O. The summed E-state index contributed by atoms with van der Waals surface area (Å²) in [6.07, 6.45) is 5.41. The maximum absolute atomic E-state index is 5.52. The molecule has 0 aromatic carbocycles. The number of ether oxygens (including phenoxy) is 1. The molecule has 5 rings (SSSR count). The summed E-state index contributed by atoms with van der Waals surface area (Å²) < 4.78 is 5.52. The van der Waals surface area contributed by atoms with Crippen molar-refractivity contribution in [2.45, 2.75) is 20.8 Å². The van der Waals surface area contributed by atoms with Gasteiger partial charge in [0.25, 0.3) is 0 Å². The first-order valence-corrected chi connectivity index (χ1v) is 10.3. The minimum atomic E-state index is 0.712. The monoisotopic (exact) mass is 402 g/mol. The average Bonchev–Trinajstić information content (AvgIpc) is 3.35. The molecule has 7 nitrogen and oxygen atoms in total. The molecule has 4 aromatic heterocycles. The Kier molecular flexibility index (Phi) is 5.99. The molecule has 1 saturated heterocycles. The number of hydrogen-bond acceptors (Lipinski definition) is 6. The minimum Gasteiger partial charge on any atom is -0.378 e. The third-order valence-electron chi connectivity index (χ3n) is 5.01. The third-order valence-corrected chi connectivity index (χ3v) is 5.01. The van der Waals surface area contributed by atoms with Crippen LogP contribution in [-0.2, 0) is 4.74 Å². The SMILES string of the molecule is CC.Cc1cc(-c2cc(N3CCOCC3)nc3c(-c4ccn[nH]4)nccc23)ccn1. The number of anilines is 1. The van der Waals surface area contributed by atoms with Crippen LogP contribution in [0.25, 0.3) is 33.4 Å². The van der Waals surface area contributed by atoms with Crippen molar-refractivity contribution >= 4 is 16.7 Å². The number of nitrogens with one attached hydrogen (secondary N) is 1. The van der Waals surface area contributed by atoms with Gasteiger partial charge < -0.3 is 9.64 Å². The van der Waals surface area contributed by atoms with Crippen LogP contribution in [0.1, 0.15) is 19.5 Å². The second kappa shape index (κ2) is 9.00. The topological polar surface area (TPSA) is 79.8 Å². The number of morpholine rings is 1. The quantitative estimate of drug-likeness (QED) is 0.552. The Labute approximate surface area is 176 Å². The van der Waals surface area contributed by atoms with E-state index in [2.05, 4.69) is 37.2 Å². The molecule has 1 aliphatic rings. The molecule has 5 heterocycles. The summed E-state index contributed by atoms with van der Waals surface area (Å²) in [6.45, 7) is 9.08. The van der Waals surface area contributed by atoms with Gasteiger partial charge in [-0.25, -0.2) is 4.98 Å². The van der Waals surface area contributed by atoms with Gasteiger partial charge in [0, 0.05) is 42.8 Å². The molecule has 7 heteroatoms. The molecule has 30 heavy (non-hydrogen) atoms. The van der Waals surface area contributed by atoms with Crippen molar-refractivity contribution in [3.63, 3.8) is 0 Å². The van der Waals surface area contributed by atoms with Gasteiger partial charge in [-0.15, -0.1) is 0 Å². The molecule has 0 spiro atoms. The molecule has 0 bridgehead atoms. The summed E-state index contributed by atoms with van der Waals surface area (Å²) >= 11 is 0. The molecular weight excluding hydrogens is 376 g/mol. The Morgan fingerprint density at radius 1 is 0.967 bits per heavy atom. The highest BCUT2D eigenvalue weighted by Gasteiger charge is 2.18. The molecule has 0 atom stereocenters. The van der Waals surface area contributed by atoms with Crippen molar-refractivity contribution in [1.82, 2.24) is 25.1 Å². The Hall–Kier alpha value is -3.32. The van der Waals surface area contributed by atoms with Gasteiger partial charge in [-0.05, 0) is 48.4 Å². The van der Waals surface area contributed by atoms with Crippen LogP contribution in [0.3, 0.4) is 0 Å². The number of H-pyrrole nitrogens is 1. The van der Waals surface area contributed by atoms with Gasteiger partial charge in [-0.3, -0.25) is 15.1 Å². The highest BCUT2D eigenvalue weighted by molar-refractivity contribution is 6.01. The van der Waals surface area contributed by atoms with Crippen LogP contribution in [0.2, 0.25) is 0 Å². The lowest BCUT2D eigenvalue weighted by atomic mass is 10.0. The summed E-state index contributed by atoms with van der Waals surface area (Å²) in [4.78, 5) is 16.2. The van der Waals surface area contributed by atoms with Crippen LogP contribution in [0.15, 0.2) is 48.9 Å². The van der Waals surface area contributed by atoms with E-state index in [1.165, 1.54) is 0 Å². The number of aryl methyl sites for hydroxylation is 1. The van der Waals surface area contributed by atoms with Crippen LogP contribution in [0.4, 0.5) is 5.82 Å². The lowest BCUT2D eigenvalue weighted by molar-refractivity contribution is 0.122. The predicted molar refractivity (Wildman–Crippen MR) is 119 cm³/mol. The van der Waals surface area contributed by atoms with Crippen LogP contribution >= 0.6 is 0 Å². The minimum absolute atomic E-state index is 0.712. The fourth-order valence-corrected chi connectivity index (χ4v) is 3.63. The normalized spacial score (nSPS) is 13.8. The lowest BCUT2D eigenvalue weighted by Gasteiger charge is -2.28. The fraction of sp³-hybridized carbons (Fsp3) is 0.304. The van der Waals surface area contributed by atoms with Gasteiger partial charge in [0.05, 0.1) is 18.9 Å². The summed E-state index contributed by atoms with van der Waals surface area (Å²) in [6, 6.07) is 10.3. The van der Waals surface area contributed by atoms with E-state index in [0.717, 1.165) is 58.0 Å². The van der Waals surface area contributed by atoms with Gasteiger partial charge >= 0.3 is 0 Å². The first kappa shape index (κ1) is 20.0. The van der Waals surface area contributed by atoms with E-state index in [4.69, 9.17) is 9.72 Å². The molecule has 4 aromatic rings. The molecule has 1 N–H and O–H groups in total. The molecule has 154 valence electrons. The van der Waals surface area contributed by atoms with Crippen molar-refractivity contribution in [3.05, 3.63) is 54.6 Å². The Morgan fingerprint density at radius 2 is 1.77 bits per heavy atom. The van der Waals surface area contributed by atoms with E-state index >= 15 is 0 Å². The summed E-state index contributed by atoms with van der Waals surface area (Å²) in [5, 5.41) is 8.16. The fourth-order valence-electron chi connectivity index (χ4n) is 3.63. The first-order chi connectivity index (χ1) is 14.8. The van der Waals surface area contributed by atoms with Crippen molar-refractivity contribution in [3.8, 4) is 22.5 Å². The maximum atomic E-state index is 5.52. The molecule has 0 saturated carbocycles. The van der Waals surface area contributed by atoms with Crippen molar-refractivity contribution in [1.29, 1.82) is 0 Å². The van der Waals surface area contributed by atoms with E-state index in [-0.39, 0.29) is 0 Å². The highest BCUT2D eigenvalue weighted by atomic mass is 16.5. The van der Waals surface area contributed by atoms with E-state index in [1.807, 2.05) is 51.4 Å². The number of aromatic amines is 1. The van der Waals surface area contributed by atoms with Crippen molar-refractivity contribution in [2.24, 2.45) is 0 Å². The third kappa shape index (κ3) is 3.89. The number of aromatic nitrogens is 5. The number of pyridine rings is 3. The van der Waals surface area contributed by atoms with Gasteiger partial charge in [-0.2, -0.15) is 5.10 Å². The number of fused-ring (bicyclic) bond motifs is 1. The average molecular weight is 403 g/mol. The van der Waals surface area contributed by atoms with Gasteiger partial charge in [0.2, 0.25) is 0 Å². The Balaban J connectivity index is 0.00000106. The van der Waals surface area contributed by atoms with Crippen molar-refractivity contribution in [2.75, 3.05) is 31.2 Å². The number of nitrogens with zero attached hydrogens (tertiary/aromatic N) is 5. The Bertz CT molecular complexity index is 1120. The highest BCUT2D eigenvalue weighted by Crippen LogP contribution is 2.35. The van der Waals surface area contributed by atoms with E-state index in [1.54, 1.807) is 6.20 Å². The van der Waals surface area contributed by atoms with E-state index < -0.39 is 0 Å². The second-order valence-electron chi connectivity index (χ2n) is 6.84. The number of rotatable bonds is 3. The molecule has 0 radical (unpaired) electrons. The summed E-state index contributed by atoms with van der Waals surface area (Å²) in [5.74, 6) is 0.939. The zero-order chi connectivity index (χ0) is 20.9. The zero-order valence-electron chi connectivity index (χ0n) is 17.6. The summed E-state index contributed by atoms with van der Waals surface area (Å²) in [5.41, 5.74) is 5.75. The predicted octanol–water partition coefficient (Wildman–Crippen LogP) is 4.25. The van der Waals surface area contributed by atoms with Crippen molar-refractivity contribution < 1.29 is 4.74 Å². The second-order valence-corrected chi connectivity index (χ2v) is 6.84. The molecule has 1 fully saturated rings. The molecule has 0 unspecified atom stereocenters. The van der Waals surface area contributed by atoms with Gasteiger partial charge in [0.15, 0.2) is 0 Å². The van der Waals surface area contributed by atoms with E-state index in [9.17, 15) is 0 Å².